The topological polar surface area (TPSA) is 60.2 Å². The summed E-state index contributed by atoms with van der Waals surface area (Å²) in [6.07, 6.45) is 2.72. The van der Waals surface area contributed by atoms with E-state index in [1.807, 2.05) is 0 Å². The lowest BCUT2D eigenvalue weighted by Crippen LogP contribution is -1.94. The van der Waals surface area contributed by atoms with Crippen LogP contribution in [0, 0.1) is 15.9 Å². The Morgan fingerprint density at radius 2 is 2.14 bits per heavy atom. The van der Waals surface area contributed by atoms with Crippen LogP contribution in [0.5, 0.6) is 0 Å². The number of nitrogens with zero attached hydrogens (tertiary/aromatic N) is 1. The van der Waals surface area contributed by atoms with Gasteiger partial charge in [-0.3, -0.25) is 14.9 Å². The molecule has 5 heteroatoms. The monoisotopic (exact) mass is 195 g/mol. The lowest BCUT2D eigenvalue weighted by atomic mass is 10.2. The molecule has 0 saturated carbocycles. The molecule has 0 heterocycles. The Hall–Kier alpha value is -2.04. The Morgan fingerprint density at radius 3 is 2.71 bits per heavy atom. The van der Waals surface area contributed by atoms with E-state index in [1.54, 1.807) is 0 Å². The van der Waals surface area contributed by atoms with Gasteiger partial charge in [0, 0.05) is 11.6 Å². The average molecular weight is 195 g/mol. The van der Waals surface area contributed by atoms with Crippen molar-refractivity contribution >= 4 is 18.0 Å². The summed E-state index contributed by atoms with van der Waals surface area (Å²) in [5.74, 6) is -0.935. The van der Waals surface area contributed by atoms with Crippen LogP contribution < -0.4 is 0 Å². The maximum atomic E-state index is 13.2. The van der Waals surface area contributed by atoms with Crippen LogP contribution in [0.4, 0.5) is 10.1 Å². The normalized spacial score (nSPS) is 10.4. The molecule has 0 bridgehead atoms. The van der Waals surface area contributed by atoms with Crippen LogP contribution >= 0.6 is 0 Å². The largest absolute Gasteiger partial charge is 0.305 e. The molecule has 0 aromatic heterocycles. The molecular weight excluding hydrogens is 189 g/mol. The number of carbonyl (C=O) groups excluding carboxylic acids is 1. The molecule has 0 atom stereocenters. The van der Waals surface area contributed by atoms with Crippen molar-refractivity contribution in [3.8, 4) is 0 Å². The molecule has 1 aromatic rings. The number of rotatable bonds is 3. The summed E-state index contributed by atoms with van der Waals surface area (Å²) in [6, 6.07) is 3.77. The van der Waals surface area contributed by atoms with Crippen molar-refractivity contribution < 1.29 is 14.1 Å². The fraction of sp³-hybridized carbons (Fsp3) is 0. The number of allylic oxidation sites excluding steroid dienone is 1. The van der Waals surface area contributed by atoms with Gasteiger partial charge in [-0.2, -0.15) is 4.39 Å². The molecule has 1 rings (SSSR count). The fourth-order valence-electron chi connectivity index (χ4n) is 0.950. The Kier molecular flexibility index (Phi) is 3.06. The summed E-state index contributed by atoms with van der Waals surface area (Å²) < 4.78 is 13.2. The highest BCUT2D eigenvalue weighted by Crippen LogP contribution is 2.20. The highest BCUT2D eigenvalue weighted by Gasteiger charge is 2.15. The van der Waals surface area contributed by atoms with E-state index in [0.29, 0.717) is 6.29 Å². The van der Waals surface area contributed by atoms with Gasteiger partial charge in [-0.1, -0.05) is 12.1 Å². The molecule has 1 aromatic carbocycles. The van der Waals surface area contributed by atoms with Gasteiger partial charge in [-0.25, -0.2) is 0 Å². The first kappa shape index (κ1) is 10.0. The third kappa shape index (κ3) is 2.01. The first-order chi connectivity index (χ1) is 6.66. The van der Waals surface area contributed by atoms with Gasteiger partial charge in [-0.15, -0.1) is 0 Å². The Morgan fingerprint density at radius 1 is 1.43 bits per heavy atom. The van der Waals surface area contributed by atoms with E-state index in [4.69, 9.17) is 0 Å². The van der Waals surface area contributed by atoms with Gasteiger partial charge in [0.15, 0.2) is 0 Å². The number of hydrogen-bond acceptors (Lipinski definition) is 3. The highest BCUT2D eigenvalue weighted by molar-refractivity contribution is 5.74. The van der Waals surface area contributed by atoms with Crippen LogP contribution in [0.25, 0.3) is 6.08 Å². The number of nitro groups is 1. The number of benzene rings is 1. The van der Waals surface area contributed by atoms with Crippen molar-refractivity contribution in [3.63, 3.8) is 0 Å². The van der Waals surface area contributed by atoms with Gasteiger partial charge in [0.1, 0.15) is 6.29 Å². The van der Waals surface area contributed by atoms with E-state index >= 15 is 0 Å². The minimum atomic E-state index is -0.935. The lowest BCUT2D eigenvalue weighted by molar-refractivity contribution is -0.387. The van der Waals surface area contributed by atoms with E-state index in [-0.39, 0.29) is 5.56 Å². The predicted octanol–water partition coefficient (Wildman–Crippen LogP) is 1.95. The molecule has 0 amide bonds. The second-order valence-electron chi connectivity index (χ2n) is 2.43. The number of aldehydes is 1. The second kappa shape index (κ2) is 4.27. The highest BCUT2D eigenvalue weighted by atomic mass is 19.1. The molecule has 0 N–H and O–H groups in total. The summed E-state index contributed by atoms with van der Waals surface area (Å²) in [4.78, 5) is 19.5. The third-order valence-electron chi connectivity index (χ3n) is 1.56. The third-order valence-corrected chi connectivity index (χ3v) is 1.56. The minimum Gasteiger partial charge on any atom is -0.299 e. The van der Waals surface area contributed by atoms with E-state index in [0.717, 1.165) is 12.1 Å². The Balaban J connectivity index is 3.20. The van der Waals surface area contributed by atoms with E-state index < -0.39 is 16.4 Å². The van der Waals surface area contributed by atoms with Crippen LogP contribution in [0.2, 0.25) is 0 Å². The summed E-state index contributed by atoms with van der Waals surface area (Å²) in [6.45, 7) is 0. The minimum absolute atomic E-state index is 0.0197. The van der Waals surface area contributed by atoms with Crippen LogP contribution in [0.3, 0.4) is 0 Å². The maximum absolute atomic E-state index is 13.2. The molecule has 0 aliphatic rings. The van der Waals surface area contributed by atoms with Crippen molar-refractivity contribution in [2.24, 2.45) is 0 Å². The molecule has 0 aliphatic carbocycles. The SMILES string of the molecule is O=C/C=C/c1cccc([N+](=O)[O-])c1F. The standard InChI is InChI=1S/C9H6FNO3/c10-9-7(4-2-6-12)3-1-5-8(9)11(13)14/h1-6H/b4-2+. The summed E-state index contributed by atoms with van der Waals surface area (Å²) in [7, 11) is 0. The molecule has 0 spiro atoms. The number of carbonyl (C=O) groups is 1. The number of hydrogen-bond donors (Lipinski definition) is 0. The van der Waals surface area contributed by atoms with Crippen molar-refractivity contribution in [2.45, 2.75) is 0 Å². The maximum Gasteiger partial charge on any atom is 0.305 e. The van der Waals surface area contributed by atoms with Crippen LogP contribution in [0.15, 0.2) is 24.3 Å². The van der Waals surface area contributed by atoms with Crippen LogP contribution in [0.1, 0.15) is 5.56 Å². The van der Waals surface area contributed by atoms with Crippen LogP contribution in [-0.4, -0.2) is 11.2 Å². The molecule has 0 unspecified atom stereocenters. The van der Waals surface area contributed by atoms with Crippen LogP contribution in [-0.2, 0) is 4.79 Å². The van der Waals surface area contributed by atoms with E-state index in [1.165, 1.54) is 18.2 Å². The summed E-state index contributed by atoms with van der Waals surface area (Å²) >= 11 is 0. The zero-order valence-electron chi connectivity index (χ0n) is 7.01. The van der Waals surface area contributed by atoms with E-state index in [9.17, 15) is 19.3 Å². The molecule has 14 heavy (non-hydrogen) atoms. The number of nitro benzene ring substituents is 1. The van der Waals surface area contributed by atoms with Gasteiger partial charge in [0.05, 0.1) is 4.92 Å². The molecule has 0 aliphatic heterocycles. The molecule has 0 radical (unpaired) electrons. The quantitative estimate of drug-likeness (QED) is 0.320. The molecule has 4 nitrogen and oxygen atoms in total. The van der Waals surface area contributed by atoms with E-state index in [2.05, 4.69) is 0 Å². The van der Waals surface area contributed by atoms with Gasteiger partial charge in [0.25, 0.3) is 0 Å². The van der Waals surface area contributed by atoms with Gasteiger partial charge < -0.3 is 0 Å². The predicted molar refractivity (Wildman–Crippen MR) is 48.2 cm³/mol. The van der Waals surface area contributed by atoms with Gasteiger partial charge in [-0.05, 0) is 12.2 Å². The molecule has 0 saturated heterocycles. The Labute approximate surface area is 78.8 Å². The summed E-state index contributed by atoms with van der Waals surface area (Å²) in [5, 5.41) is 10.3. The number of halogens is 1. The van der Waals surface area contributed by atoms with Gasteiger partial charge in [0.2, 0.25) is 5.82 Å². The van der Waals surface area contributed by atoms with Crippen molar-refractivity contribution in [1.29, 1.82) is 0 Å². The average Bonchev–Trinajstić information content (AvgIpc) is 2.16. The Bertz CT molecular complexity index is 401. The second-order valence-corrected chi connectivity index (χ2v) is 2.43. The summed E-state index contributed by atoms with van der Waals surface area (Å²) in [5.41, 5.74) is -0.579. The smallest absolute Gasteiger partial charge is 0.299 e. The zero-order valence-corrected chi connectivity index (χ0v) is 7.01. The zero-order chi connectivity index (χ0) is 10.6. The molecular formula is C9H6FNO3. The molecule has 72 valence electrons. The first-order valence-corrected chi connectivity index (χ1v) is 3.71. The van der Waals surface area contributed by atoms with Gasteiger partial charge >= 0.3 is 5.69 Å². The van der Waals surface area contributed by atoms with Crippen molar-refractivity contribution in [2.75, 3.05) is 0 Å². The first-order valence-electron chi connectivity index (χ1n) is 3.71. The fourth-order valence-corrected chi connectivity index (χ4v) is 0.950. The molecule has 0 fully saturated rings. The lowest BCUT2D eigenvalue weighted by Gasteiger charge is -1.96. The van der Waals surface area contributed by atoms with Crippen molar-refractivity contribution in [1.82, 2.24) is 0 Å². The van der Waals surface area contributed by atoms with Crippen molar-refractivity contribution in [3.05, 3.63) is 45.8 Å².